The fourth-order valence-electron chi connectivity index (χ4n) is 2.47. The summed E-state index contributed by atoms with van der Waals surface area (Å²) >= 11 is 6.32. The molecular weight excluding hydrogens is 234 g/mol. The number of hydrogen-bond donors (Lipinski definition) is 1. The molecule has 0 aromatic carbocycles. The molecule has 94 valence electrons. The molecule has 17 heavy (non-hydrogen) atoms. The fourth-order valence-corrected chi connectivity index (χ4v) is 2.70. The Bertz CT molecular complexity index is 430. The average Bonchev–Trinajstić information content (AvgIpc) is 3.16. The Hall–Kier alpha value is -0.540. The molecule has 0 unspecified atom stereocenters. The molecular formula is C13H20ClN3. The van der Waals surface area contributed by atoms with E-state index in [0.717, 1.165) is 29.7 Å². The van der Waals surface area contributed by atoms with Crippen LogP contribution in [0.5, 0.6) is 0 Å². The van der Waals surface area contributed by atoms with Crippen LogP contribution in [0.1, 0.15) is 37.1 Å². The lowest BCUT2D eigenvalue weighted by molar-refractivity contribution is 0.440. The lowest BCUT2D eigenvalue weighted by atomic mass is 10.00. The number of nitrogens with one attached hydrogen (secondary N) is 1. The Morgan fingerprint density at radius 3 is 2.65 bits per heavy atom. The maximum absolute atomic E-state index is 6.32. The number of aryl methyl sites for hydroxylation is 2. The van der Waals surface area contributed by atoms with Crippen LogP contribution in [-0.4, -0.2) is 22.4 Å². The highest BCUT2D eigenvalue weighted by molar-refractivity contribution is 6.31. The normalized spacial score (nSPS) is 21.8. The van der Waals surface area contributed by atoms with Crippen molar-refractivity contribution >= 4 is 11.6 Å². The summed E-state index contributed by atoms with van der Waals surface area (Å²) in [6, 6.07) is 0.802. The third-order valence-electron chi connectivity index (χ3n) is 4.10. The summed E-state index contributed by atoms with van der Waals surface area (Å²) in [5.41, 5.74) is 2.63. The van der Waals surface area contributed by atoms with E-state index in [4.69, 9.17) is 11.6 Å². The van der Waals surface area contributed by atoms with Crippen molar-refractivity contribution < 1.29 is 0 Å². The maximum atomic E-state index is 6.32. The third kappa shape index (κ3) is 2.36. The molecule has 2 saturated carbocycles. The molecule has 2 aliphatic carbocycles. The number of hydrogen-bond acceptors (Lipinski definition) is 2. The molecule has 3 nitrogen and oxygen atoms in total. The molecule has 2 fully saturated rings. The largest absolute Gasteiger partial charge is 0.313 e. The molecule has 4 heteroatoms. The quantitative estimate of drug-likeness (QED) is 0.874. The summed E-state index contributed by atoms with van der Waals surface area (Å²) in [5, 5.41) is 8.91. The van der Waals surface area contributed by atoms with Crippen molar-refractivity contribution in [2.45, 2.75) is 45.1 Å². The van der Waals surface area contributed by atoms with E-state index < -0.39 is 0 Å². The summed E-state index contributed by atoms with van der Waals surface area (Å²) in [6.07, 6.45) is 6.45. The van der Waals surface area contributed by atoms with E-state index in [0.29, 0.717) is 5.41 Å². The Balaban J connectivity index is 1.68. The maximum Gasteiger partial charge on any atom is 0.0847 e. The van der Waals surface area contributed by atoms with Crippen molar-refractivity contribution in [2.24, 2.45) is 12.5 Å². The highest BCUT2D eigenvalue weighted by Gasteiger charge is 2.44. The number of halogens is 1. The molecule has 1 aromatic heterocycles. The van der Waals surface area contributed by atoms with Gasteiger partial charge in [0.1, 0.15) is 0 Å². The molecule has 1 N–H and O–H groups in total. The van der Waals surface area contributed by atoms with Gasteiger partial charge in [-0.3, -0.25) is 4.68 Å². The van der Waals surface area contributed by atoms with Gasteiger partial charge in [-0.2, -0.15) is 5.10 Å². The van der Waals surface area contributed by atoms with Gasteiger partial charge >= 0.3 is 0 Å². The Morgan fingerprint density at radius 1 is 1.47 bits per heavy atom. The first-order valence-electron chi connectivity index (χ1n) is 6.51. The van der Waals surface area contributed by atoms with Crippen LogP contribution in [-0.2, 0) is 13.5 Å². The van der Waals surface area contributed by atoms with Gasteiger partial charge in [-0.05, 0) is 44.4 Å². The monoisotopic (exact) mass is 253 g/mol. The van der Waals surface area contributed by atoms with Crippen molar-refractivity contribution in [3.63, 3.8) is 0 Å². The van der Waals surface area contributed by atoms with Crippen molar-refractivity contribution in [1.29, 1.82) is 0 Å². The third-order valence-corrected chi connectivity index (χ3v) is 4.60. The highest BCUT2D eigenvalue weighted by atomic mass is 35.5. The molecule has 3 rings (SSSR count). The minimum atomic E-state index is 0.465. The molecule has 0 saturated heterocycles. The standard InChI is InChI=1S/C13H20ClN3/c1-9-12(14)11(17(2)16-9)7-13(5-6-13)8-15-10-3-4-10/h10,15H,3-8H2,1-2H3. The lowest BCUT2D eigenvalue weighted by Gasteiger charge is -2.16. The zero-order valence-electron chi connectivity index (χ0n) is 10.6. The van der Waals surface area contributed by atoms with Gasteiger partial charge < -0.3 is 5.32 Å². The van der Waals surface area contributed by atoms with E-state index in [1.54, 1.807) is 0 Å². The summed E-state index contributed by atoms with van der Waals surface area (Å²) in [6.45, 7) is 3.13. The van der Waals surface area contributed by atoms with E-state index >= 15 is 0 Å². The van der Waals surface area contributed by atoms with Gasteiger partial charge in [0.25, 0.3) is 0 Å². The first-order chi connectivity index (χ1) is 8.10. The predicted molar refractivity (Wildman–Crippen MR) is 69.4 cm³/mol. The summed E-state index contributed by atoms with van der Waals surface area (Å²) in [5.74, 6) is 0. The minimum absolute atomic E-state index is 0.465. The first kappa shape index (κ1) is 11.5. The number of nitrogens with zero attached hydrogens (tertiary/aromatic N) is 2. The summed E-state index contributed by atoms with van der Waals surface area (Å²) < 4.78 is 1.95. The molecule has 0 radical (unpaired) electrons. The highest BCUT2D eigenvalue weighted by Crippen LogP contribution is 2.49. The molecule has 1 heterocycles. The van der Waals surface area contributed by atoms with Crippen LogP contribution in [0.25, 0.3) is 0 Å². The van der Waals surface area contributed by atoms with Gasteiger partial charge in [0.2, 0.25) is 0 Å². The van der Waals surface area contributed by atoms with Crippen LogP contribution >= 0.6 is 11.6 Å². The zero-order valence-corrected chi connectivity index (χ0v) is 11.3. The van der Waals surface area contributed by atoms with Crippen LogP contribution in [0, 0.1) is 12.3 Å². The molecule has 0 spiro atoms. The number of rotatable bonds is 5. The van der Waals surface area contributed by atoms with Crippen LogP contribution < -0.4 is 5.32 Å². The predicted octanol–water partition coefficient (Wildman–Crippen LogP) is 2.46. The molecule has 0 aliphatic heterocycles. The second-order valence-corrected chi connectivity index (χ2v) is 6.18. The topological polar surface area (TPSA) is 29.9 Å². The smallest absolute Gasteiger partial charge is 0.0847 e. The van der Waals surface area contributed by atoms with Gasteiger partial charge in [0.05, 0.1) is 16.4 Å². The van der Waals surface area contributed by atoms with Gasteiger partial charge in [0.15, 0.2) is 0 Å². The molecule has 1 aromatic rings. The zero-order chi connectivity index (χ0) is 12.0. The van der Waals surface area contributed by atoms with Gasteiger partial charge in [0, 0.05) is 19.6 Å². The number of aromatic nitrogens is 2. The molecule has 2 aliphatic rings. The molecule has 0 atom stereocenters. The van der Waals surface area contributed by atoms with E-state index in [1.165, 1.54) is 31.4 Å². The summed E-state index contributed by atoms with van der Waals surface area (Å²) in [7, 11) is 2.00. The van der Waals surface area contributed by atoms with Crippen molar-refractivity contribution in [2.75, 3.05) is 6.54 Å². The summed E-state index contributed by atoms with van der Waals surface area (Å²) in [4.78, 5) is 0. The van der Waals surface area contributed by atoms with Gasteiger partial charge in [-0.25, -0.2) is 0 Å². The Kier molecular flexibility index (Phi) is 2.71. The minimum Gasteiger partial charge on any atom is -0.313 e. The van der Waals surface area contributed by atoms with Crippen molar-refractivity contribution in [3.05, 3.63) is 16.4 Å². The van der Waals surface area contributed by atoms with Crippen LogP contribution in [0.2, 0.25) is 5.02 Å². The van der Waals surface area contributed by atoms with E-state index in [1.807, 2.05) is 18.7 Å². The fraction of sp³-hybridized carbons (Fsp3) is 0.769. The molecule has 0 bridgehead atoms. The second-order valence-electron chi connectivity index (χ2n) is 5.80. The van der Waals surface area contributed by atoms with E-state index in [-0.39, 0.29) is 0 Å². The van der Waals surface area contributed by atoms with Gasteiger partial charge in [-0.15, -0.1) is 0 Å². The van der Waals surface area contributed by atoms with E-state index in [2.05, 4.69) is 10.4 Å². The SMILES string of the molecule is Cc1nn(C)c(CC2(CNC3CC3)CC2)c1Cl. The average molecular weight is 254 g/mol. The van der Waals surface area contributed by atoms with Gasteiger partial charge in [-0.1, -0.05) is 11.6 Å². The van der Waals surface area contributed by atoms with Crippen molar-refractivity contribution in [1.82, 2.24) is 15.1 Å². The lowest BCUT2D eigenvalue weighted by Crippen LogP contribution is -2.27. The molecule has 0 amide bonds. The second kappa shape index (κ2) is 3.99. The van der Waals surface area contributed by atoms with Crippen LogP contribution in [0.4, 0.5) is 0 Å². The van der Waals surface area contributed by atoms with Crippen LogP contribution in [0.3, 0.4) is 0 Å². The Morgan fingerprint density at radius 2 is 2.18 bits per heavy atom. The van der Waals surface area contributed by atoms with Crippen LogP contribution in [0.15, 0.2) is 0 Å². The Labute approximate surface area is 108 Å². The van der Waals surface area contributed by atoms with E-state index in [9.17, 15) is 0 Å². The first-order valence-corrected chi connectivity index (χ1v) is 6.89. The van der Waals surface area contributed by atoms with Crippen molar-refractivity contribution in [3.8, 4) is 0 Å².